The maximum atomic E-state index is 4.46. The van der Waals surface area contributed by atoms with Crippen LogP contribution in [-0.4, -0.2) is 9.55 Å². The molecular formula is C16H21N3. The first-order valence-corrected chi connectivity index (χ1v) is 7.24. The summed E-state index contributed by atoms with van der Waals surface area (Å²) in [5.74, 6) is 1.01. The summed E-state index contributed by atoms with van der Waals surface area (Å²) in [6.45, 7) is 3.27. The molecule has 1 N–H and O–H groups in total. The highest BCUT2D eigenvalue weighted by Crippen LogP contribution is 2.33. The van der Waals surface area contributed by atoms with Gasteiger partial charge in [0, 0.05) is 18.9 Å². The summed E-state index contributed by atoms with van der Waals surface area (Å²) in [6, 6.07) is 9.14. The lowest BCUT2D eigenvalue weighted by molar-refractivity contribution is 0.626. The number of unbranched alkanes of at least 4 members (excludes halogenated alkanes) is 1. The van der Waals surface area contributed by atoms with Crippen molar-refractivity contribution >= 4 is 5.95 Å². The van der Waals surface area contributed by atoms with Crippen LogP contribution in [0.2, 0.25) is 0 Å². The van der Waals surface area contributed by atoms with Crippen LogP contribution in [0.25, 0.3) is 0 Å². The molecule has 100 valence electrons. The number of anilines is 1. The Kier molecular flexibility index (Phi) is 3.53. The molecule has 0 bridgehead atoms. The van der Waals surface area contributed by atoms with Crippen molar-refractivity contribution < 1.29 is 0 Å². The molecule has 1 heterocycles. The number of fused-ring (bicyclic) bond motifs is 1. The zero-order valence-electron chi connectivity index (χ0n) is 11.5. The normalized spacial score (nSPS) is 17.4. The van der Waals surface area contributed by atoms with Gasteiger partial charge in [0.25, 0.3) is 0 Å². The zero-order chi connectivity index (χ0) is 13.1. The van der Waals surface area contributed by atoms with Crippen molar-refractivity contribution in [2.24, 2.45) is 0 Å². The van der Waals surface area contributed by atoms with Crippen molar-refractivity contribution in [1.82, 2.24) is 9.55 Å². The Bertz CT molecular complexity index is 544. The Labute approximate surface area is 114 Å². The minimum absolute atomic E-state index is 0.416. The average molecular weight is 255 g/mol. The molecule has 1 aromatic heterocycles. The number of hydrogen-bond acceptors (Lipinski definition) is 2. The predicted molar refractivity (Wildman–Crippen MR) is 78.3 cm³/mol. The Morgan fingerprint density at radius 2 is 2.26 bits per heavy atom. The fourth-order valence-electron chi connectivity index (χ4n) is 2.82. The summed E-state index contributed by atoms with van der Waals surface area (Å²) in [7, 11) is 0. The van der Waals surface area contributed by atoms with Gasteiger partial charge in [0.1, 0.15) is 0 Å². The number of benzene rings is 1. The van der Waals surface area contributed by atoms with Crippen LogP contribution < -0.4 is 5.32 Å². The maximum absolute atomic E-state index is 4.46. The van der Waals surface area contributed by atoms with E-state index in [-0.39, 0.29) is 0 Å². The van der Waals surface area contributed by atoms with Crippen LogP contribution >= 0.6 is 0 Å². The lowest BCUT2D eigenvalue weighted by Gasteiger charge is -2.16. The third-order valence-electron chi connectivity index (χ3n) is 3.90. The number of aromatic nitrogens is 2. The van der Waals surface area contributed by atoms with Crippen molar-refractivity contribution in [3.63, 3.8) is 0 Å². The monoisotopic (exact) mass is 255 g/mol. The molecule has 3 rings (SSSR count). The van der Waals surface area contributed by atoms with Gasteiger partial charge in [-0.05, 0) is 30.4 Å². The van der Waals surface area contributed by atoms with Crippen LogP contribution in [0.4, 0.5) is 5.95 Å². The molecule has 0 saturated heterocycles. The Morgan fingerprint density at radius 1 is 1.37 bits per heavy atom. The van der Waals surface area contributed by atoms with Gasteiger partial charge >= 0.3 is 0 Å². The minimum Gasteiger partial charge on any atom is -0.349 e. The summed E-state index contributed by atoms with van der Waals surface area (Å²) < 4.78 is 2.23. The smallest absolute Gasteiger partial charge is 0.203 e. The van der Waals surface area contributed by atoms with E-state index in [0.29, 0.717) is 6.04 Å². The highest BCUT2D eigenvalue weighted by molar-refractivity contribution is 5.40. The van der Waals surface area contributed by atoms with Gasteiger partial charge in [-0.3, -0.25) is 0 Å². The first-order valence-electron chi connectivity index (χ1n) is 7.24. The standard InChI is InChI=1S/C16H21N3/c1-2-3-11-19-12-10-17-16(19)18-15-9-8-13-6-4-5-7-14(13)15/h4-7,10,12,15H,2-3,8-9,11H2,1H3,(H,17,18). The van der Waals surface area contributed by atoms with Gasteiger partial charge in [0.2, 0.25) is 5.95 Å². The Hall–Kier alpha value is -1.77. The first-order chi connectivity index (χ1) is 9.38. The van der Waals surface area contributed by atoms with Crippen molar-refractivity contribution in [3.8, 4) is 0 Å². The molecule has 0 amide bonds. The van der Waals surface area contributed by atoms with Crippen molar-refractivity contribution in [2.75, 3.05) is 5.32 Å². The van der Waals surface area contributed by atoms with E-state index in [1.54, 1.807) is 0 Å². The van der Waals surface area contributed by atoms with Gasteiger partial charge in [-0.1, -0.05) is 37.6 Å². The van der Waals surface area contributed by atoms with E-state index >= 15 is 0 Å². The predicted octanol–water partition coefficient (Wildman–Crippen LogP) is 3.78. The zero-order valence-corrected chi connectivity index (χ0v) is 11.5. The number of aryl methyl sites for hydroxylation is 2. The third-order valence-corrected chi connectivity index (χ3v) is 3.90. The van der Waals surface area contributed by atoms with Gasteiger partial charge in [0.15, 0.2) is 0 Å². The molecule has 0 spiro atoms. The summed E-state index contributed by atoms with van der Waals surface area (Å²) in [6.07, 6.45) is 8.71. The number of rotatable bonds is 5. The lowest BCUT2D eigenvalue weighted by atomic mass is 10.1. The number of nitrogens with one attached hydrogen (secondary N) is 1. The Balaban J connectivity index is 1.74. The second-order valence-electron chi connectivity index (χ2n) is 5.23. The summed E-state index contributed by atoms with van der Waals surface area (Å²) in [4.78, 5) is 4.46. The Morgan fingerprint density at radius 3 is 3.16 bits per heavy atom. The van der Waals surface area contributed by atoms with Crippen molar-refractivity contribution in [1.29, 1.82) is 0 Å². The van der Waals surface area contributed by atoms with Gasteiger partial charge in [0.05, 0.1) is 6.04 Å². The minimum atomic E-state index is 0.416. The molecule has 1 aliphatic rings. The second-order valence-corrected chi connectivity index (χ2v) is 5.23. The number of hydrogen-bond donors (Lipinski definition) is 1. The molecule has 1 aliphatic carbocycles. The van der Waals surface area contributed by atoms with Gasteiger partial charge in [-0.25, -0.2) is 4.98 Å². The molecule has 19 heavy (non-hydrogen) atoms. The lowest BCUT2D eigenvalue weighted by Crippen LogP contribution is -2.12. The molecule has 1 aromatic carbocycles. The van der Waals surface area contributed by atoms with Crippen molar-refractivity contribution in [2.45, 2.75) is 45.2 Å². The van der Waals surface area contributed by atoms with Gasteiger partial charge < -0.3 is 9.88 Å². The van der Waals surface area contributed by atoms with Gasteiger partial charge in [-0.2, -0.15) is 0 Å². The van der Waals surface area contributed by atoms with Crippen LogP contribution in [0.1, 0.15) is 43.4 Å². The highest BCUT2D eigenvalue weighted by atomic mass is 15.2. The van der Waals surface area contributed by atoms with E-state index in [9.17, 15) is 0 Å². The van der Waals surface area contributed by atoms with Gasteiger partial charge in [-0.15, -0.1) is 0 Å². The van der Waals surface area contributed by atoms with Crippen LogP contribution in [-0.2, 0) is 13.0 Å². The number of imidazole rings is 1. The maximum Gasteiger partial charge on any atom is 0.203 e. The molecule has 1 unspecified atom stereocenters. The largest absolute Gasteiger partial charge is 0.349 e. The highest BCUT2D eigenvalue weighted by Gasteiger charge is 2.22. The van der Waals surface area contributed by atoms with Crippen LogP contribution in [0.15, 0.2) is 36.7 Å². The summed E-state index contributed by atoms with van der Waals surface area (Å²) in [5, 5.41) is 3.61. The summed E-state index contributed by atoms with van der Waals surface area (Å²) >= 11 is 0. The van der Waals surface area contributed by atoms with Crippen LogP contribution in [0.3, 0.4) is 0 Å². The molecule has 3 nitrogen and oxygen atoms in total. The molecule has 1 atom stereocenters. The average Bonchev–Trinajstić information content (AvgIpc) is 3.05. The van der Waals surface area contributed by atoms with E-state index < -0.39 is 0 Å². The quantitative estimate of drug-likeness (QED) is 0.881. The number of nitrogens with zero attached hydrogens (tertiary/aromatic N) is 2. The van der Waals surface area contributed by atoms with E-state index in [4.69, 9.17) is 0 Å². The van der Waals surface area contributed by atoms with E-state index in [0.717, 1.165) is 12.5 Å². The van der Waals surface area contributed by atoms with Crippen LogP contribution in [0, 0.1) is 0 Å². The molecule has 3 heteroatoms. The van der Waals surface area contributed by atoms with E-state index in [1.807, 2.05) is 6.20 Å². The van der Waals surface area contributed by atoms with E-state index in [2.05, 4.69) is 52.3 Å². The molecule has 0 fully saturated rings. The van der Waals surface area contributed by atoms with Crippen LogP contribution in [0.5, 0.6) is 0 Å². The molecule has 2 aromatic rings. The van der Waals surface area contributed by atoms with E-state index in [1.165, 1.54) is 36.8 Å². The molecule has 0 saturated carbocycles. The fraction of sp³-hybridized carbons (Fsp3) is 0.438. The summed E-state index contributed by atoms with van der Waals surface area (Å²) in [5.41, 5.74) is 2.92. The second kappa shape index (κ2) is 5.47. The fourth-order valence-corrected chi connectivity index (χ4v) is 2.82. The first kappa shape index (κ1) is 12.3. The SMILES string of the molecule is CCCCn1ccnc1NC1CCc2ccccc21. The molecular weight excluding hydrogens is 234 g/mol. The topological polar surface area (TPSA) is 29.9 Å². The van der Waals surface area contributed by atoms with Crippen molar-refractivity contribution in [3.05, 3.63) is 47.8 Å². The molecule has 0 radical (unpaired) electrons. The third kappa shape index (κ3) is 2.50. The molecule has 0 aliphatic heterocycles.